The van der Waals surface area contributed by atoms with E-state index in [0.717, 1.165) is 16.9 Å². The van der Waals surface area contributed by atoms with Crippen LogP contribution in [0, 0.1) is 13.8 Å². The summed E-state index contributed by atoms with van der Waals surface area (Å²) in [7, 11) is 1.59. The van der Waals surface area contributed by atoms with Crippen molar-refractivity contribution in [2.24, 2.45) is 0 Å². The summed E-state index contributed by atoms with van der Waals surface area (Å²) in [5.41, 5.74) is 2.10. The number of nitrogens with one attached hydrogen (secondary N) is 1. The second kappa shape index (κ2) is 8.97. The van der Waals surface area contributed by atoms with E-state index in [0.29, 0.717) is 24.7 Å². The van der Waals surface area contributed by atoms with Crippen molar-refractivity contribution >= 4 is 5.91 Å². The van der Waals surface area contributed by atoms with Gasteiger partial charge in [-0.15, -0.1) is 0 Å². The number of carbonyl (C=O) groups is 1. The molecule has 0 aromatic heterocycles. The molecule has 0 saturated heterocycles. The maximum Gasteiger partial charge on any atom is 0.260 e. The third kappa shape index (κ3) is 5.41. The lowest BCUT2D eigenvalue weighted by Gasteiger charge is -2.17. The van der Waals surface area contributed by atoms with Gasteiger partial charge in [-0.05, 0) is 50.1 Å². The summed E-state index contributed by atoms with van der Waals surface area (Å²) in [6, 6.07) is 13.3. The van der Waals surface area contributed by atoms with E-state index in [4.69, 9.17) is 14.2 Å². The van der Waals surface area contributed by atoms with Gasteiger partial charge < -0.3 is 19.5 Å². The standard InChI is InChI=1S/C20H25NO4/c1-14-9-10-15(2)19(13-14)25-16(3)20(22)21-11-12-24-18-8-6-5-7-17(18)23-4/h5-10,13,16H,11-12H2,1-4H3,(H,21,22)/t16-/m1/s1. The van der Waals surface area contributed by atoms with Crippen molar-refractivity contribution in [3.63, 3.8) is 0 Å². The third-order valence-corrected chi connectivity index (χ3v) is 3.74. The van der Waals surface area contributed by atoms with Crippen LogP contribution in [0.3, 0.4) is 0 Å². The Labute approximate surface area is 148 Å². The Balaban J connectivity index is 1.79. The molecule has 2 rings (SSSR count). The normalized spacial score (nSPS) is 11.5. The molecule has 0 unspecified atom stereocenters. The van der Waals surface area contributed by atoms with E-state index in [-0.39, 0.29) is 5.91 Å². The first kappa shape index (κ1) is 18.6. The van der Waals surface area contributed by atoms with Crippen LogP contribution in [0.15, 0.2) is 42.5 Å². The van der Waals surface area contributed by atoms with E-state index in [2.05, 4.69) is 5.32 Å². The zero-order chi connectivity index (χ0) is 18.2. The van der Waals surface area contributed by atoms with Gasteiger partial charge in [-0.3, -0.25) is 4.79 Å². The molecule has 0 spiro atoms. The second-order valence-electron chi connectivity index (χ2n) is 5.82. The number of aryl methyl sites for hydroxylation is 2. The average molecular weight is 343 g/mol. The minimum absolute atomic E-state index is 0.176. The van der Waals surface area contributed by atoms with Crippen LogP contribution in [0.1, 0.15) is 18.1 Å². The predicted octanol–water partition coefficient (Wildman–Crippen LogP) is 3.27. The Bertz CT molecular complexity index is 715. The molecule has 0 heterocycles. The van der Waals surface area contributed by atoms with E-state index in [9.17, 15) is 4.79 Å². The Kier molecular flexibility index (Phi) is 6.69. The van der Waals surface area contributed by atoms with Crippen LogP contribution >= 0.6 is 0 Å². The second-order valence-corrected chi connectivity index (χ2v) is 5.82. The van der Waals surface area contributed by atoms with Crippen molar-refractivity contribution in [1.82, 2.24) is 5.32 Å². The molecule has 2 aromatic carbocycles. The number of methoxy groups -OCH3 is 1. The predicted molar refractivity (Wildman–Crippen MR) is 97.5 cm³/mol. The van der Waals surface area contributed by atoms with Gasteiger partial charge in [-0.2, -0.15) is 0 Å². The molecule has 0 bridgehead atoms. The smallest absolute Gasteiger partial charge is 0.260 e. The summed E-state index contributed by atoms with van der Waals surface area (Å²) in [6.07, 6.45) is -0.577. The van der Waals surface area contributed by atoms with Crippen LogP contribution in [0.25, 0.3) is 0 Å². The van der Waals surface area contributed by atoms with Gasteiger partial charge in [0.1, 0.15) is 12.4 Å². The fraction of sp³-hybridized carbons (Fsp3) is 0.350. The fourth-order valence-electron chi connectivity index (χ4n) is 2.30. The molecule has 0 aliphatic rings. The summed E-state index contributed by atoms with van der Waals surface area (Å²) in [5.74, 6) is 1.87. The van der Waals surface area contributed by atoms with Crippen molar-refractivity contribution in [3.05, 3.63) is 53.6 Å². The van der Waals surface area contributed by atoms with Crippen LogP contribution in [-0.2, 0) is 4.79 Å². The zero-order valence-electron chi connectivity index (χ0n) is 15.2. The quantitative estimate of drug-likeness (QED) is 0.748. The molecule has 0 saturated carbocycles. The molecule has 1 amide bonds. The Morgan fingerprint density at radius 3 is 2.52 bits per heavy atom. The van der Waals surface area contributed by atoms with Gasteiger partial charge in [-0.1, -0.05) is 24.3 Å². The first-order chi connectivity index (χ1) is 12.0. The van der Waals surface area contributed by atoms with Crippen LogP contribution < -0.4 is 19.5 Å². The lowest BCUT2D eigenvalue weighted by atomic mass is 10.1. The van der Waals surface area contributed by atoms with Gasteiger partial charge in [-0.25, -0.2) is 0 Å². The van der Waals surface area contributed by atoms with E-state index >= 15 is 0 Å². The molecule has 0 fully saturated rings. The van der Waals surface area contributed by atoms with Crippen molar-refractivity contribution in [1.29, 1.82) is 0 Å². The van der Waals surface area contributed by atoms with E-state index < -0.39 is 6.10 Å². The molecule has 5 heteroatoms. The largest absolute Gasteiger partial charge is 0.493 e. The highest BCUT2D eigenvalue weighted by Gasteiger charge is 2.15. The summed E-state index contributed by atoms with van der Waals surface area (Å²) in [4.78, 5) is 12.2. The SMILES string of the molecule is COc1ccccc1OCCNC(=O)[C@@H](C)Oc1cc(C)ccc1C. The minimum Gasteiger partial charge on any atom is -0.493 e. The van der Waals surface area contributed by atoms with E-state index in [1.807, 2.05) is 56.3 Å². The summed E-state index contributed by atoms with van der Waals surface area (Å²) < 4.78 is 16.6. The molecular formula is C20H25NO4. The Morgan fingerprint density at radius 1 is 1.08 bits per heavy atom. The van der Waals surface area contributed by atoms with E-state index in [1.54, 1.807) is 14.0 Å². The highest BCUT2D eigenvalue weighted by Crippen LogP contribution is 2.25. The number of ether oxygens (including phenoxy) is 3. The molecule has 1 N–H and O–H groups in total. The van der Waals surface area contributed by atoms with Gasteiger partial charge in [0.15, 0.2) is 17.6 Å². The van der Waals surface area contributed by atoms with Crippen molar-refractivity contribution in [2.45, 2.75) is 26.9 Å². The number of benzene rings is 2. The summed E-state index contributed by atoms with van der Waals surface area (Å²) in [5, 5.41) is 2.81. The molecule has 0 aliphatic heterocycles. The lowest BCUT2D eigenvalue weighted by Crippen LogP contribution is -2.38. The van der Waals surface area contributed by atoms with Gasteiger partial charge in [0, 0.05) is 0 Å². The molecule has 0 aliphatic carbocycles. The highest BCUT2D eigenvalue weighted by atomic mass is 16.5. The van der Waals surface area contributed by atoms with Crippen molar-refractivity contribution in [3.8, 4) is 17.2 Å². The zero-order valence-corrected chi connectivity index (χ0v) is 15.2. The van der Waals surface area contributed by atoms with Crippen LogP contribution in [0.4, 0.5) is 0 Å². The van der Waals surface area contributed by atoms with Gasteiger partial charge in [0.25, 0.3) is 5.91 Å². The molecule has 0 radical (unpaired) electrons. The Morgan fingerprint density at radius 2 is 1.80 bits per heavy atom. The maximum absolute atomic E-state index is 12.2. The average Bonchev–Trinajstić information content (AvgIpc) is 2.61. The lowest BCUT2D eigenvalue weighted by molar-refractivity contribution is -0.127. The van der Waals surface area contributed by atoms with Crippen molar-refractivity contribution < 1.29 is 19.0 Å². The topological polar surface area (TPSA) is 56.8 Å². The molecule has 25 heavy (non-hydrogen) atoms. The number of rotatable bonds is 8. The number of carbonyl (C=O) groups excluding carboxylic acids is 1. The number of hydrogen-bond donors (Lipinski definition) is 1. The fourth-order valence-corrected chi connectivity index (χ4v) is 2.30. The number of para-hydroxylation sites is 2. The maximum atomic E-state index is 12.2. The van der Waals surface area contributed by atoms with Crippen molar-refractivity contribution in [2.75, 3.05) is 20.3 Å². The van der Waals surface area contributed by atoms with Gasteiger partial charge in [0.05, 0.1) is 13.7 Å². The minimum atomic E-state index is -0.577. The van der Waals surface area contributed by atoms with Crippen LogP contribution in [-0.4, -0.2) is 32.3 Å². The number of hydrogen-bond acceptors (Lipinski definition) is 4. The first-order valence-electron chi connectivity index (χ1n) is 8.28. The van der Waals surface area contributed by atoms with Crippen LogP contribution in [0.5, 0.6) is 17.2 Å². The molecule has 134 valence electrons. The third-order valence-electron chi connectivity index (χ3n) is 3.74. The monoisotopic (exact) mass is 343 g/mol. The number of amides is 1. The van der Waals surface area contributed by atoms with Gasteiger partial charge in [0.2, 0.25) is 0 Å². The van der Waals surface area contributed by atoms with E-state index in [1.165, 1.54) is 0 Å². The summed E-state index contributed by atoms with van der Waals surface area (Å²) in [6.45, 7) is 6.42. The molecule has 1 atom stereocenters. The Hall–Kier alpha value is -2.69. The molecule has 2 aromatic rings. The summed E-state index contributed by atoms with van der Waals surface area (Å²) >= 11 is 0. The molecule has 5 nitrogen and oxygen atoms in total. The van der Waals surface area contributed by atoms with Gasteiger partial charge >= 0.3 is 0 Å². The highest BCUT2D eigenvalue weighted by molar-refractivity contribution is 5.80. The van der Waals surface area contributed by atoms with Crippen LogP contribution in [0.2, 0.25) is 0 Å². The molecular weight excluding hydrogens is 318 g/mol. The first-order valence-corrected chi connectivity index (χ1v) is 8.28.